The number of amides is 2. The Labute approximate surface area is 132 Å². The molecule has 1 N–H and O–H groups in total. The largest absolute Gasteiger partial charge is 0.331 e. The van der Waals surface area contributed by atoms with E-state index >= 15 is 0 Å². The van der Waals surface area contributed by atoms with Gasteiger partial charge in [0.05, 0.1) is 6.04 Å². The number of carbonyl (C=O) groups is 1. The first-order valence-corrected chi connectivity index (χ1v) is 7.93. The lowest BCUT2D eigenvalue weighted by Crippen LogP contribution is -2.48. The molecule has 1 aliphatic heterocycles. The third kappa shape index (κ3) is 4.38. The van der Waals surface area contributed by atoms with Crippen LogP contribution in [0, 0.1) is 0 Å². The van der Waals surface area contributed by atoms with Crippen molar-refractivity contribution < 1.29 is 4.79 Å². The molecule has 1 aromatic rings. The van der Waals surface area contributed by atoms with Gasteiger partial charge in [0.1, 0.15) is 0 Å². The Hall–Kier alpha value is -1.20. The molecule has 1 saturated heterocycles. The number of nitrogens with one attached hydrogen (secondary N) is 1. The molecule has 1 heterocycles. The molecular formula is C16H25N3OS. The average Bonchev–Trinajstić information content (AvgIpc) is 2.47. The van der Waals surface area contributed by atoms with Gasteiger partial charge in [-0.15, -0.1) is 12.6 Å². The Morgan fingerprint density at radius 2 is 1.90 bits per heavy atom. The Bertz CT molecular complexity index is 469. The molecule has 1 fully saturated rings. The molecular weight excluding hydrogens is 282 g/mol. The molecule has 0 aliphatic carbocycles. The minimum atomic E-state index is 0.000137. The second kappa shape index (κ2) is 7.18. The third-order valence-electron chi connectivity index (χ3n) is 4.29. The maximum Gasteiger partial charge on any atom is 0.317 e. The van der Waals surface area contributed by atoms with Crippen LogP contribution in [0.3, 0.4) is 0 Å². The third-order valence-corrected chi connectivity index (χ3v) is 4.59. The molecule has 0 aromatic heterocycles. The van der Waals surface area contributed by atoms with Crippen LogP contribution in [-0.4, -0.2) is 49.1 Å². The fourth-order valence-electron chi connectivity index (χ4n) is 2.68. The molecule has 1 atom stereocenters. The number of piperidine rings is 1. The van der Waals surface area contributed by atoms with Crippen molar-refractivity contribution in [2.24, 2.45) is 0 Å². The van der Waals surface area contributed by atoms with E-state index in [4.69, 9.17) is 0 Å². The molecule has 0 saturated carbocycles. The monoisotopic (exact) mass is 307 g/mol. The standard InChI is InChI=1S/C16H25N3OS/c1-12(13-4-6-15(21)7-5-13)17-16(20)19(3)14-8-10-18(2)11-9-14/h4-7,12,14,21H,8-11H2,1-3H3,(H,17,20). The summed E-state index contributed by atoms with van der Waals surface area (Å²) in [5.74, 6) is 0. The highest BCUT2D eigenvalue weighted by molar-refractivity contribution is 7.80. The number of carbonyl (C=O) groups excluding carboxylic acids is 1. The Morgan fingerprint density at radius 3 is 2.48 bits per heavy atom. The summed E-state index contributed by atoms with van der Waals surface area (Å²) in [6, 6.07) is 8.25. The molecule has 0 spiro atoms. The summed E-state index contributed by atoms with van der Waals surface area (Å²) >= 11 is 4.28. The first-order chi connectivity index (χ1) is 9.97. The van der Waals surface area contributed by atoms with E-state index in [1.54, 1.807) is 0 Å². The van der Waals surface area contributed by atoms with Gasteiger partial charge in [-0.2, -0.15) is 0 Å². The van der Waals surface area contributed by atoms with Crippen LogP contribution in [-0.2, 0) is 0 Å². The van der Waals surface area contributed by atoms with E-state index in [1.165, 1.54) is 0 Å². The highest BCUT2D eigenvalue weighted by Crippen LogP contribution is 2.17. The molecule has 0 radical (unpaired) electrons. The van der Waals surface area contributed by atoms with Gasteiger partial charge in [0, 0.05) is 18.0 Å². The smallest absolute Gasteiger partial charge is 0.317 e. The van der Waals surface area contributed by atoms with Crippen molar-refractivity contribution in [3.63, 3.8) is 0 Å². The van der Waals surface area contributed by atoms with Crippen molar-refractivity contribution >= 4 is 18.7 Å². The number of hydrogen-bond acceptors (Lipinski definition) is 3. The normalized spacial score (nSPS) is 18.3. The van der Waals surface area contributed by atoms with Crippen LogP contribution in [0.5, 0.6) is 0 Å². The van der Waals surface area contributed by atoms with Gasteiger partial charge in [-0.05, 0) is 57.6 Å². The zero-order valence-electron chi connectivity index (χ0n) is 13.0. The summed E-state index contributed by atoms with van der Waals surface area (Å²) in [6.07, 6.45) is 2.09. The topological polar surface area (TPSA) is 35.6 Å². The molecule has 1 unspecified atom stereocenters. The second-order valence-electron chi connectivity index (χ2n) is 5.91. The highest BCUT2D eigenvalue weighted by atomic mass is 32.1. The zero-order valence-corrected chi connectivity index (χ0v) is 13.9. The highest BCUT2D eigenvalue weighted by Gasteiger charge is 2.24. The average molecular weight is 307 g/mol. The Balaban J connectivity index is 1.89. The molecule has 1 aliphatic rings. The molecule has 5 heteroatoms. The van der Waals surface area contributed by atoms with E-state index < -0.39 is 0 Å². The maximum absolute atomic E-state index is 12.4. The van der Waals surface area contributed by atoms with E-state index in [-0.39, 0.29) is 12.1 Å². The second-order valence-corrected chi connectivity index (χ2v) is 6.42. The number of urea groups is 1. The van der Waals surface area contributed by atoms with E-state index in [9.17, 15) is 4.79 Å². The van der Waals surface area contributed by atoms with Crippen LogP contribution >= 0.6 is 12.6 Å². The summed E-state index contributed by atoms with van der Waals surface area (Å²) in [7, 11) is 4.03. The van der Waals surface area contributed by atoms with Gasteiger partial charge in [-0.3, -0.25) is 0 Å². The number of likely N-dealkylation sites (tertiary alicyclic amines) is 1. The molecule has 4 nitrogen and oxygen atoms in total. The predicted octanol–water partition coefficient (Wildman–Crippen LogP) is 2.77. The lowest BCUT2D eigenvalue weighted by molar-refractivity contribution is 0.146. The van der Waals surface area contributed by atoms with Crippen LogP contribution in [0.25, 0.3) is 0 Å². The van der Waals surface area contributed by atoms with Crippen LogP contribution in [0.2, 0.25) is 0 Å². The predicted molar refractivity (Wildman–Crippen MR) is 88.9 cm³/mol. The number of thiol groups is 1. The van der Waals surface area contributed by atoms with E-state index in [2.05, 4.69) is 29.9 Å². The van der Waals surface area contributed by atoms with Crippen molar-refractivity contribution in [3.8, 4) is 0 Å². The van der Waals surface area contributed by atoms with E-state index in [0.717, 1.165) is 36.4 Å². The minimum Gasteiger partial charge on any atom is -0.331 e. The quantitative estimate of drug-likeness (QED) is 0.842. The molecule has 2 amide bonds. The van der Waals surface area contributed by atoms with Crippen molar-refractivity contribution in [2.75, 3.05) is 27.2 Å². The lowest BCUT2D eigenvalue weighted by Gasteiger charge is -2.35. The summed E-state index contributed by atoms with van der Waals surface area (Å²) in [5.41, 5.74) is 1.10. The molecule has 1 aromatic carbocycles. The number of benzene rings is 1. The first kappa shape index (κ1) is 16.2. The van der Waals surface area contributed by atoms with E-state index in [0.29, 0.717) is 6.04 Å². The number of nitrogens with zero attached hydrogens (tertiary/aromatic N) is 2. The number of hydrogen-bond donors (Lipinski definition) is 2. The summed E-state index contributed by atoms with van der Waals surface area (Å²) in [6.45, 7) is 4.12. The summed E-state index contributed by atoms with van der Waals surface area (Å²) < 4.78 is 0. The van der Waals surface area contributed by atoms with Gasteiger partial charge in [-0.1, -0.05) is 12.1 Å². The minimum absolute atomic E-state index is 0.000137. The first-order valence-electron chi connectivity index (χ1n) is 7.48. The van der Waals surface area contributed by atoms with Gasteiger partial charge in [0.2, 0.25) is 0 Å². The lowest BCUT2D eigenvalue weighted by atomic mass is 10.0. The van der Waals surface area contributed by atoms with Crippen molar-refractivity contribution in [3.05, 3.63) is 29.8 Å². The fourth-order valence-corrected chi connectivity index (χ4v) is 2.83. The molecule has 2 rings (SSSR count). The van der Waals surface area contributed by atoms with Crippen molar-refractivity contribution in [1.82, 2.24) is 15.1 Å². The van der Waals surface area contributed by atoms with Crippen LogP contribution < -0.4 is 5.32 Å². The SMILES string of the molecule is CC(NC(=O)N(C)C1CCN(C)CC1)c1ccc(S)cc1. The van der Waals surface area contributed by atoms with Gasteiger partial charge < -0.3 is 15.1 Å². The molecule has 21 heavy (non-hydrogen) atoms. The van der Waals surface area contributed by atoms with Crippen LogP contribution in [0.15, 0.2) is 29.2 Å². The Kier molecular flexibility index (Phi) is 5.53. The molecule has 0 bridgehead atoms. The van der Waals surface area contributed by atoms with Gasteiger partial charge >= 0.3 is 6.03 Å². The Morgan fingerprint density at radius 1 is 1.33 bits per heavy atom. The number of rotatable bonds is 3. The fraction of sp³-hybridized carbons (Fsp3) is 0.562. The molecule has 116 valence electrons. The summed E-state index contributed by atoms with van der Waals surface area (Å²) in [5, 5.41) is 3.07. The summed E-state index contributed by atoms with van der Waals surface area (Å²) in [4.78, 5) is 17.5. The van der Waals surface area contributed by atoms with Crippen molar-refractivity contribution in [1.29, 1.82) is 0 Å². The van der Waals surface area contributed by atoms with Crippen LogP contribution in [0.1, 0.15) is 31.4 Å². The van der Waals surface area contributed by atoms with Gasteiger partial charge in [0.15, 0.2) is 0 Å². The van der Waals surface area contributed by atoms with Gasteiger partial charge in [0.25, 0.3) is 0 Å². The van der Waals surface area contributed by atoms with Crippen molar-refractivity contribution in [2.45, 2.75) is 36.7 Å². The van der Waals surface area contributed by atoms with Gasteiger partial charge in [-0.25, -0.2) is 4.79 Å². The van der Waals surface area contributed by atoms with E-state index in [1.807, 2.05) is 43.1 Å². The zero-order chi connectivity index (χ0) is 15.4. The maximum atomic E-state index is 12.4. The van der Waals surface area contributed by atoms with Crippen LogP contribution in [0.4, 0.5) is 4.79 Å².